The highest BCUT2D eigenvalue weighted by Gasteiger charge is 2.15. The maximum Gasteiger partial charge on any atom is 0.234 e. The lowest BCUT2D eigenvalue weighted by Gasteiger charge is -2.16. The number of hydrogen-bond donors (Lipinski definition) is 2. The van der Waals surface area contributed by atoms with Gasteiger partial charge in [0.1, 0.15) is 11.3 Å². The summed E-state index contributed by atoms with van der Waals surface area (Å²) in [5.74, 6) is -1.34. The predicted octanol–water partition coefficient (Wildman–Crippen LogP) is 4.24. The van der Waals surface area contributed by atoms with Crippen LogP contribution in [0.25, 0.3) is 11.0 Å². The second kappa shape index (κ2) is 7.66. The molecule has 136 valence electrons. The van der Waals surface area contributed by atoms with Crippen LogP contribution in [0.3, 0.4) is 0 Å². The lowest BCUT2D eigenvalue weighted by Crippen LogP contribution is -2.36. The summed E-state index contributed by atoms with van der Waals surface area (Å²) in [5.41, 5.74) is 1.34. The zero-order valence-corrected chi connectivity index (χ0v) is 14.6. The van der Waals surface area contributed by atoms with Crippen LogP contribution < -0.4 is 10.6 Å². The first-order valence-electron chi connectivity index (χ1n) is 8.40. The van der Waals surface area contributed by atoms with E-state index < -0.39 is 11.6 Å². The fourth-order valence-corrected chi connectivity index (χ4v) is 2.72. The van der Waals surface area contributed by atoms with Crippen molar-refractivity contribution in [2.75, 3.05) is 6.54 Å². The summed E-state index contributed by atoms with van der Waals surface area (Å²) in [7, 11) is 0. The Labute approximate surface area is 150 Å². The number of nitrogens with one attached hydrogen (secondary N) is 2. The van der Waals surface area contributed by atoms with Crippen LogP contribution in [0, 0.1) is 11.6 Å². The largest absolute Gasteiger partial charge is 0.459 e. The fourth-order valence-electron chi connectivity index (χ4n) is 2.72. The van der Waals surface area contributed by atoms with Crippen LogP contribution in [0.15, 0.2) is 52.9 Å². The van der Waals surface area contributed by atoms with Crippen molar-refractivity contribution in [3.63, 3.8) is 0 Å². The SMILES string of the molecule is C[C@H](NCC(=O)N[C@H](C)c1cc2ccccc2o1)c1ccc(F)c(F)c1. The quantitative estimate of drug-likeness (QED) is 0.693. The number of benzene rings is 2. The van der Waals surface area contributed by atoms with Gasteiger partial charge in [0.15, 0.2) is 11.6 Å². The highest BCUT2D eigenvalue weighted by atomic mass is 19.2. The van der Waals surface area contributed by atoms with E-state index in [0.29, 0.717) is 11.3 Å². The number of carbonyl (C=O) groups is 1. The van der Waals surface area contributed by atoms with Crippen molar-refractivity contribution in [3.8, 4) is 0 Å². The molecule has 0 saturated heterocycles. The molecule has 2 N–H and O–H groups in total. The number of halogens is 2. The van der Waals surface area contributed by atoms with Gasteiger partial charge in [-0.15, -0.1) is 0 Å². The summed E-state index contributed by atoms with van der Waals surface area (Å²) in [6.07, 6.45) is 0. The summed E-state index contributed by atoms with van der Waals surface area (Å²) in [4.78, 5) is 12.1. The van der Waals surface area contributed by atoms with E-state index in [9.17, 15) is 13.6 Å². The molecule has 0 bridgehead atoms. The summed E-state index contributed by atoms with van der Waals surface area (Å²) in [6, 6.07) is 12.7. The van der Waals surface area contributed by atoms with E-state index in [1.807, 2.05) is 37.3 Å². The molecule has 0 saturated carbocycles. The topological polar surface area (TPSA) is 54.3 Å². The van der Waals surface area contributed by atoms with Gasteiger partial charge < -0.3 is 15.1 Å². The Morgan fingerprint density at radius 3 is 2.54 bits per heavy atom. The monoisotopic (exact) mass is 358 g/mol. The van der Waals surface area contributed by atoms with E-state index in [1.54, 1.807) is 6.92 Å². The molecule has 0 radical (unpaired) electrons. The maximum absolute atomic E-state index is 13.3. The Morgan fingerprint density at radius 1 is 1.04 bits per heavy atom. The minimum atomic E-state index is -0.904. The zero-order chi connectivity index (χ0) is 18.7. The molecule has 0 spiro atoms. The molecule has 0 aliphatic heterocycles. The highest BCUT2D eigenvalue weighted by Crippen LogP contribution is 2.23. The molecular weight excluding hydrogens is 338 g/mol. The van der Waals surface area contributed by atoms with E-state index in [4.69, 9.17) is 4.42 Å². The van der Waals surface area contributed by atoms with Gasteiger partial charge in [0, 0.05) is 11.4 Å². The van der Waals surface area contributed by atoms with Gasteiger partial charge >= 0.3 is 0 Å². The maximum atomic E-state index is 13.3. The van der Waals surface area contributed by atoms with Crippen molar-refractivity contribution in [2.24, 2.45) is 0 Å². The number of para-hydroxylation sites is 1. The minimum absolute atomic E-state index is 0.0464. The van der Waals surface area contributed by atoms with E-state index in [1.165, 1.54) is 6.07 Å². The number of amides is 1. The van der Waals surface area contributed by atoms with Crippen molar-refractivity contribution in [3.05, 3.63) is 71.5 Å². The van der Waals surface area contributed by atoms with Crippen LogP contribution in [0.1, 0.15) is 37.3 Å². The Hall–Kier alpha value is -2.73. The van der Waals surface area contributed by atoms with E-state index >= 15 is 0 Å². The van der Waals surface area contributed by atoms with Crippen LogP contribution in [-0.4, -0.2) is 12.5 Å². The molecule has 3 aromatic rings. The Morgan fingerprint density at radius 2 is 1.81 bits per heavy atom. The Kier molecular flexibility index (Phi) is 5.32. The lowest BCUT2D eigenvalue weighted by atomic mass is 10.1. The van der Waals surface area contributed by atoms with E-state index in [-0.39, 0.29) is 24.5 Å². The standard InChI is InChI=1S/C20H20F2N2O2/c1-12(14-7-8-16(21)17(22)9-14)23-11-20(25)24-13(2)19-10-15-5-3-4-6-18(15)26-19/h3-10,12-13,23H,11H2,1-2H3,(H,24,25)/t12-,13+/m0/s1. The van der Waals surface area contributed by atoms with Crippen molar-refractivity contribution in [1.82, 2.24) is 10.6 Å². The molecule has 0 fully saturated rings. The van der Waals surface area contributed by atoms with Gasteiger partial charge in [0.2, 0.25) is 5.91 Å². The van der Waals surface area contributed by atoms with Crippen LogP contribution in [0.2, 0.25) is 0 Å². The summed E-state index contributed by atoms with van der Waals surface area (Å²) >= 11 is 0. The van der Waals surface area contributed by atoms with Gasteiger partial charge in [-0.25, -0.2) is 8.78 Å². The summed E-state index contributed by atoms with van der Waals surface area (Å²) in [5, 5.41) is 6.83. The molecule has 26 heavy (non-hydrogen) atoms. The molecule has 0 aliphatic carbocycles. The predicted molar refractivity (Wildman–Crippen MR) is 95.5 cm³/mol. The number of carbonyl (C=O) groups excluding carboxylic acids is 1. The fraction of sp³-hybridized carbons (Fsp3) is 0.250. The normalized spacial score (nSPS) is 13.5. The smallest absolute Gasteiger partial charge is 0.234 e. The molecule has 4 nitrogen and oxygen atoms in total. The van der Waals surface area contributed by atoms with Crippen molar-refractivity contribution >= 4 is 16.9 Å². The van der Waals surface area contributed by atoms with E-state index in [0.717, 1.165) is 23.1 Å². The number of furan rings is 1. The van der Waals surface area contributed by atoms with Gasteiger partial charge in [-0.2, -0.15) is 0 Å². The first kappa shape index (κ1) is 18.1. The lowest BCUT2D eigenvalue weighted by molar-refractivity contribution is -0.121. The first-order chi connectivity index (χ1) is 12.4. The minimum Gasteiger partial charge on any atom is -0.459 e. The Bertz CT molecular complexity index is 890. The zero-order valence-electron chi connectivity index (χ0n) is 14.6. The second-order valence-corrected chi connectivity index (χ2v) is 6.25. The second-order valence-electron chi connectivity index (χ2n) is 6.25. The van der Waals surface area contributed by atoms with Crippen molar-refractivity contribution < 1.29 is 18.0 Å². The number of fused-ring (bicyclic) bond motifs is 1. The molecule has 1 heterocycles. The van der Waals surface area contributed by atoms with E-state index in [2.05, 4.69) is 10.6 Å². The molecule has 0 unspecified atom stereocenters. The summed E-state index contributed by atoms with van der Waals surface area (Å²) in [6.45, 7) is 3.67. The van der Waals surface area contributed by atoms with Gasteiger partial charge in [0.05, 0.1) is 12.6 Å². The van der Waals surface area contributed by atoms with Crippen LogP contribution >= 0.6 is 0 Å². The number of hydrogen-bond acceptors (Lipinski definition) is 3. The molecule has 0 aliphatic rings. The third kappa shape index (κ3) is 4.08. The van der Waals surface area contributed by atoms with Gasteiger partial charge in [-0.1, -0.05) is 24.3 Å². The van der Waals surface area contributed by atoms with Gasteiger partial charge in [0.25, 0.3) is 0 Å². The van der Waals surface area contributed by atoms with Crippen molar-refractivity contribution in [1.29, 1.82) is 0 Å². The van der Waals surface area contributed by atoms with Gasteiger partial charge in [-0.05, 0) is 43.7 Å². The summed E-state index contributed by atoms with van der Waals surface area (Å²) < 4.78 is 32.0. The molecular formula is C20H20F2N2O2. The van der Waals surface area contributed by atoms with Crippen LogP contribution in [-0.2, 0) is 4.79 Å². The van der Waals surface area contributed by atoms with Crippen LogP contribution in [0.4, 0.5) is 8.78 Å². The molecule has 2 aromatic carbocycles. The molecule has 1 amide bonds. The third-order valence-electron chi connectivity index (χ3n) is 4.26. The molecule has 6 heteroatoms. The highest BCUT2D eigenvalue weighted by molar-refractivity contribution is 5.80. The molecule has 3 rings (SSSR count). The number of rotatable bonds is 6. The first-order valence-corrected chi connectivity index (χ1v) is 8.40. The molecule has 1 aromatic heterocycles. The average molecular weight is 358 g/mol. The van der Waals surface area contributed by atoms with Crippen molar-refractivity contribution in [2.45, 2.75) is 25.9 Å². The third-order valence-corrected chi connectivity index (χ3v) is 4.26. The average Bonchev–Trinajstić information content (AvgIpc) is 3.06. The van der Waals surface area contributed by atoms with Gasteiger partial charge in [-0.3, -0.25) is 4.79 Å². The Balaban J connectivity index is 1.55. The molecule has 2 atom stereocenters. The van der Waals surface area contributed by atoms with Crippen LogP contribution in [0.5, 0.6) is 0 Å².